The van der Waals surface area contributed by atoms with Gasteiger partial charge in [-0.15, -0.1) is 0 Å². The van der Waals surface area contributed by atoms with E-state index in [9.17, 15) is 9.59 Å². The predicted molar refractivity (Wildman–Crippen MR) is 85.7 cm³/mol. The topological polar surface area (TPSA) is 117 Å². The van der Waals surface area contributed by atoms with Crippen LogP contribution >= 0.6 is 11.6 Å². The normalized spacial score (nSPS) is 14.9. The van der Waals surface area contributed by atoms with Gasteiger partial charge < -0.3 is 26.3 Å². The summed E-state index contributed by atoms with van der Waals surface area (Å²) in [5, 5.41) is 2.93. The zero-order valence-corrected chi connectivity index (χ0v) is 13.6. The molecule has 1 aliphatic rings. The number of benzene rings is 1. The van der Waals surface area contributed by atoms with Crippen LogP contribution in [0.15, 0.2) is 12.1 Å². The van der Waals surface area contributed by atoms with Crippen LogP contribution in [0.2, 0.25) is 5.02 Å². The van der Waals surface area contributed by atoms with E-state index >= 15 is 0 Å². The largest absolute Gasteiger partial charge is 0.493 e. The van der Waals surface area contributed by atoms with Crippen LogP contribution in [-0.2, 0) is 4.79 Å². The van der Waals surface area contributed by atoms with Gasteiger partial charge in [-0.3, -0.25) is 9.59 Å². The van der Waals surface area contributed by atoms with Gasteiger partial charge in [-0.05, 0) is 30.9 Å². The first-order valence-electron chi connectivity index (χ1n) is 7.24. The number of halogens is 1. The fraction of sp³-hybridized carbons (Fsp3) is 0.467. The third-order valence-corrected chi connectivity index (χ3v) is 3.86. The number of hydrogen-bond acceptors (Lipinski definition) is 5. The predicted octanol–water partition coefficient (Wildman–Crippen LogP) is 0.680. The first-order valence-corrected chi connectivity index (χ1v) is 7.62. The Kier molecular flexibility index (Phi) is 5.68. The van der Waals surface area contributed by atoms with E-state index in [2.05, 4.69) is 5.32 Å². The molecule has 0 aliphatic heterocycles. The van der Waals surface area contributed by atoms with E-state index in [-0.39, 0.29) is 35.1 Å². The maximum absolute atomic E-state index is 12.2. The van der Waals surface area contributed by atoms with Gasteiger partial charge in [-0.1, -0.05) is 11.6 Å². The first kappa shape index (κ1) is 17.4. The summed E-state index contributed by atoms with van der Waals surface area (Å²) in [5.41, 5.74) is 11.3. The number of carbonyl (C=O) groups excluding carboxylic acids is 2. The van der Waals surface area contributed by atoms with E-state index in [1.807, 2.05) is 0 Å². The summed E-state index contributed by atoms with van der Waals surface area (Å²) in [5.74, 6) is -0.0330. The molecule has 7 nitrogen and oxygen atoms in total. The molecule has 23 heavy (non-hydrogen) atoms. The molecule has 5 N–H and O–H groups in total. The fourth-order valence-corrected chi connectivity index (χ4v) is 2.40. The van der Waals surface area contributed by atoms with Crippen molar-refractivity contribution in [3.8, 4) is 11.5 Å². The minimum absolute atomic E-state index is 0.0329. The van der Waals surface area contributed by atoms with Gasteiger partial charge in [0.25, 0.3) is 11.8 Å². The average Bonchev–Trinajstić information content (AvgIpc) is 3.34. The van der Waals surface area contributed by atoms with Crippen molar-refractivity contribution >= 4 is 23.4 Å². The quantitative estimate of drug-likeness (QED) is 0.643. The monoisotopic (exact) mass is 341 g/mol. The maximum atomic E-state index is 12.2. The Morgan fingerprint density at radius 3 is 2.70 bits per heavy atom. The number of ether oxygens (including phenoxy) is 2. The van der Waals surface area contributed by atoms with Crippen LogP contribution in [0.3, 0.4) is 0 Å². The molecule has 1 aromatic rings. The molecule has 1 unspecified atom stereocenters. The fourth-order valence-electron chi connectivity index (χ4n) is 2.14. The molecule has 0 aromatic heterocycles. The van der Waals surface area contributed by atoms with E-state index in [0.717, 1.165) is 12.8 Å². The highest BCUT2D eigenvalue weighted by Crippen LogP contribution is 2.36. The lowest BCUT2D eigenvalue weighted by atomic mass is 10.1. The summed E-state index contributed by atoms with van der Waals surface area (Å²) in [6.45, 7) is 0.0707. The minimum atomic E-state index is -0.640. The summed E-state index contributed by atoms with van der Waals surface area (Å²) >= 11 is 6.10. The second-order valence-corrected chi connectivity index (χ2v) is 5.86. The van der Waals surface area contributed by atoms with Crippen LogP contribution in [0, 0.1) is 5.92 Å². The first-order chi connectivity index (χ1) is 10.9. The third kappa shape index (κ3) is 4.74. The molecule has 2 rings (SSSR count). The van der Waals surface area contributed by atoms with Crippen molar-refractivity contribution in [1.29, 1.82) is 0 Å². The number of hydrogen-bond donors (Lipinski definition) is 3. The number of nitrogens with two attached hydrogens (primary N) is 2. The van der Waals surface area contributed by atoms with Crippen LogP contribution < -0.4 is 26.3 Å². The standard InChI is InChI=1S/C15H20ClN3O4/c1-22-12-5-9(4-10(16)14(12)23-7-13(18)20)15(21)19-6-11(17)8-2-3-8/h4-5,8,11H,2-3,6-7,17H2,1H3,(H2,18,20)(H,19,21). The van der Waals surface area contributed by atoms with Gasteiger partial charge in [0, 0.05) is 18.2 Å². The van der Waals surface area contributed by atoms with Gasteiger partial charge in [0.2, 0.25) is 0 Å². The molecular formula is C15H20ClN3O4. The Labute approximate surface area is 139 Å². The molecule has 2 amide bonds. The molecule has 1 fully saturated rings. The van der Waals surface area contributed by atoms with Crippen molar-refractivity contribution in [3.63, 3.8) is 0 Å². The maximum Gasteiger partial charge on any atom is 0.255 e. The molecule has 126 valence electrons. The second-order valence-electron chi connectivity index (χ2n) is 5.46. The van der Waals surface area contributed by atoms with Crippen molar-refractivity contribution in [2.75, 3.05) is 20.3 Å². The zero-order valence-electron chi connectivity index (χ0n) is 12.8. The van der Waals surface area contributed by atoms with E-state index in [0.29, 0.717) is 18.0 Å². The van der Waals surface area contributed by atoms with Crippen molar-refractivity contribution < 1.29 is 19.1 Å². The summed E-state index contributed by atoms with van der Waals surface area (Å²) < 4.78 is 10.4. The number of primary amides is 1. The number of amides is 2. The highest BCUT2D eigenvalue weighted by molar-refractivity contribution is 6.32. The van der Waals surface area contributed by atoms with Crippen LogP contribution in [0.25, 0.3) is 0 Å². The van der Waals surface area contributed by atoms with Crippen molar-refractivity contribution in [2.24, 2.45) is 17.4 Å². The Morgan fingerprint density at radius 1 is 1.43 bits per heavy atom. The Hall–Kier alpha value is -1.99. The van der Waals surface area contributed by atoms with Gasteiger partial charge >= 0.3 is 0 Å². The molecule has 0 spiro atoms. The van der Waals surface area contributed by atoms with Gasteiger partial charge in [-0.2, -0.15) is 0 Å². The summed E-state index contributed by atoms with van der Waals surface area (Å²) in [7, 11) is 1.41. The number of nitrogens with one attached hydrogen (secondary N) is 1. The van der Waals surface area contributed by atoms with Crippen molar-refractivity contribution in [3.05, 3.63) is 22.7 Å². The summed E-state index contributed by atoms with van der Waals surface area (Å²) in [4.78, 5) is 23.0. The van der Waals surface area contributed by atoms with Crippen LogP contribution in [-0.4, -0.2) is 38.1 Å². The second kappa shape index (κ2) is 7.52. The molecule has 1 atom stereocenters. The lowest BCUT2D eigenvalue weighted by Gasteiger charge is -2.15. The lowest BCUT2D eigenvalue weighted by Crippen LogP contribution is -2.38. The molecule has 1 aliphatic carbocycles. The van der Waals surface area contributed by atoms with Crippen molar-refractivity contribution in [2.45, 2.75) is 18.9 Å². The number of methoxy groups -OCH3 is 1. The van der Waals surface area contributed by atoms with Gasteiger partial charge in [0.1, 0.15) is 0 Å². The highest BCUT2D eigenvalue weighted by Gasteiger charge is 2.28. The van der Waals surface area contributed by atoms with E-state index in [4.69, 9.17) is 32.5 Å². The average molecular weight is 342 g/mol. The summed E-state index contributed by atoms with van der Waals surface area (Å²) in [6.07, 6.45) is 2.23. The molecule has 0 radical (unpaired) electrons. The van der Waals surface area contributed by atoms with Crippen LogP contribution in [0.1, 0.15) is 23.2 Å². The molecule has 1 saturated carbocycles. The number of carbonyl (C=O) groups is 2. The minimum Gasteiger partial charge on any atom is -0.493 e. The Bertz CT molecular complexity index is 605. The van der Waals surface area contributed by atoms with E-state index in [1.54, 1.807) is 0 Å². The molecule has 0 bridgehead atoms. The number of rotatable bonds is 8. The summed E-state index contributed by atoms with van der Waals surface area (Å²) in [6, 6.07) is 2.90. The Balaban J connectivity index is 2.07. The molecule has 8 heteroatoms. The highest BCUT2D eigenvalue weighted by atomic mass is 35.5. The van der Waals surface area contributed by atoms with Crippen molar-refractivity contribution in [1.82, 2.24) is 5.32 Å². The molecular weight excluding hydrogens is 322 g/mol. The van der Waals surface area contributed by atoms with Crippen LogP contribution in [0.5, 0.6) is 11.5 Å². The Morgan fingerprint density at radius 2 is 2.13 bits per heavy atom. The SMILES string of the molecule is COc1cc(C(=O)NCC(N)C2CC2)cc(Cl)c1OCC(N)=O. The third-order valence-electron chi connectivity index (χ3n) is 3.58. The molecule has 0 heterocycles. The smallest absolute Gasteiger partial charge is 0.255 e. The van der Waals surface area contributed by atoms with E-state index < -0.39 is 5.91 Å². The van der Waals surface area contributed by atoms with Gasteiger partial charge in [0.15, 0.2) is 18.1 Å². The molecule has 0 saturated heterocycles. The lowest BCUT2D eigenvalue weighted by molar-refractivity contribution is -0.119. The molecule has 1 aromatic carbocycles. The van der Waals surface area contributed by atoms with Gasteiger partial charge in [-0.25, -0.2) is 0 Å². The van der Waals surface area contributed by atoms with Gasteiger partial charge in [0.05, 0.1) is 12.1 Å². The van der Waals surface area contributed by atoms with E-state index in [1.165, 1.54) is 19.2 Å². The van der Waals surface area contributed by atoms with Crippen LogP contribution in [0.4, 0.5) is 0 Å². The zero-order chi connectivity index (χ0) is 17.0.